The summed E-state index contributed by atoms with van der Waals surface area (Å²) in [5.74, 6) is -1.08. The number of hydrogen-bond donors (Lipinski definition) is 1. The number of carboxylic acids is 1. The van der Waals surface area contributed by atoms with Crippen LogP contribution in [0, 0.1) is 0 Å². The van der Waals surface area contributed by atoms with E-state index in [2.05, 4.69) is 10.1 Å². The summed E-state index contributed by atoms with van der Waals surface area (Å²) in [6.45, 7) is 7.72. The standard InChI is InChI=1S/C17H22N4O4/c1-16(2,3)25-15(24)20(17(4)5-6-17)8-11-7-12(14(22)23)13-18-10-19-21(13)9-11/h7,9-10H,5-6,8H2,1-4H3,(H,22,23). The maximum atomic E-state index is 12.6. The van der Waals surface area contributed by atoms with Gasteiger partial charge < -0.3 is 9.84 Å². The number of hydrogen-bond acceptors (Lipinski definition) is 5. The van der Waals surface area contributed by atoms with Gasteiger partial charge >= 0.3 is 12.1 Å². The maximum Gasteiger partial charge on any atom is 0.411 e. The lowest BCUT2D eigenvalue weighted by Gasteiger charge is -2.32. The zero-order valence-corrected chi connectivity index (χ0v) is 14.8. The van der Waals surface area contributed by atoms with Gasteiger partial charge in [0.1, 0.15) is 17.5 Å². The van der Waals surface area contributed by atoms with Crippen molar-refractivity contribution in [2.45, 2.75) is 58.2 Å². The molecule has 25 heavy (non-hydrogen) atoms. The van der Waals surface area contributed by atoms with Crippen molar-refractivity contribution in [1.82, 2.24) is 19.5 Å². The molecule has 0 atom stereocenters. The Morgan fingerprint density at radius 1 is 1.40 bits per heavy atom. The van der Waals surface area contributed by atoms with E-state index in [1.165, 1.54) is 16.9 Å². The normalized spacial score (nSPS) is 15.8. The summed E-state index contributed by atoms with van der Waals surface area (Å²) in [6.07, 6.45) is 4.38. The van der Waals surface area contributed by atoms with Crippen molar-refractivity contribution in [3.63, 3.8) is 0 Å². The zero-order chi connectivity index (χ0) is 18.4. The Hall–Kier alpha value is -2.64. The summed E-state index contributed by atoms with van der Waals surface area (Å²) in [6, 6.07) is 1.54. The van der Waals surface area contributed by atoms with Crippen molar-refractivity contribution >= 4 is 17.7 Å². The molecule has 2 aromatic heterocycles. The number of ether oxygens (including phenoxy) is 1. The number of nitrogens with zero attached hydrogens (tertiary/aromatic N) is 4. The number of carbonyl (C=O) groups is 2. The highest BCUT2D eigenvalue weighted by molar-refractivity contribution is 5.94. The molecule has 0 aromatic carbocycles. The second kappa shape index (κ2) is 5.72. The van der Waals surface area contributed by atoms with E-state index in [0.29, 0.717) is 5.56 Å². The molecule has 8 heteroatoms. The smallest absolute Gasteiger partial charge is 0.411 e. The molecule has 2 heterocycles. The van der Waals surface area contributed by atoms with Crippen LogP contribution in [0.5, 0.6) is 0 Å². The van der Waals surface area contributed by atoms with Crippen LogP contribution in [0.1, 0.15) is 56.5 Å². The molecular weight excluding hydrogens is 324 g/mol. The van der Waals surface area contributed by atoms with E-state index < -0.39 is 17.7 Å². The molecular formula is C17H22N4O4. The Morgan fingerprint density at radius 3 is 2.64 bits per heavy atom. The van der Waals surface area contributed by atoms with E-state index in [-0.39, 0.29) is 23.3 Å². The van der Waals surface area contributed by atoms with Gasteiger partial charge in [-0.05, 0) is 52.2 Å². The summed E-state index contributed by atoms with van der Waals surface area (Å²) in [5.41, 5.74) is 0.137. The van der Waals surface area contributed by atoms with Crippen LogP contribution in [-0.4, -0.2) is 47.8 Å². The third kappa shape index (κ3) is 3.57. The Bertz CT molecular complexity index is 833. The monoisotopic (exact) mass is 346 g/mol. The molecule has 0 spiro atoms. The third-order valence-electron chi connectivity index (χ3n) is 4.24. The van der Waals surface area contributed by atoms with Crippen LogP contribution in [0.4, 0.5) is 4.79 Å². The molecule has 3 rings (SSSR count). The van der Waals surface area contributed by atoms with Gasteiger partial charge in [0.05, 0.1) is 6.54 Å². The Kier molecular flexibility index (Phi) is 3.93. The molecule has 0 saturated heterocycles. The lowest BCUT2D eigenvalue weighted by molar-refractivity contribution is 0.0126. The van der Waals surface area contributed by atoms with Crippen LogP contribution in [0.2, 0.25) is 0 Å². The van der Waals surface area contributed by atoms with Crippen molar-refractivity contribution in [1.29, 1.82) is 0 Å². The van der Waals surface area contributed by atoms with Crippen LogP contribution in [-0.2, 0) is 11.3 Å². The van der Waals surface area contributed by atoms with Gasteiger partial charge in [-0.3, -0.25) is 4.90 Å². The third-order valence-corrected chi connectivity index (χ3v) is 4.24. The molecule has 8 nitrogen and oxygen atoms in total. The molecule has 1 saturated carbocycles. The number of amides is 1. The van der Waals surface area contributed by atoms with Crippen LogP contribution in [0.3, 0.4) is 0 Å². The summed E-state index contributed by atoms with van der Waals surface area (Å²) >= 11 is 0. The van der Waals surface area contributed by atoms with Crippen molar-refractivity contribution in [3.8, 4) is 0 Å². The fraction of sp³-hybridized carbons (Fsp3) is 0.529. The quantitative estimate of drug-likeness (QED) is 0.914. The number of aromatic nitrogens is 3. The first-order valence-corrected chi connectivity index (χ1v) is 8.15. The lowest BCUT2D eigenvalue weighted by Crippen LogP contribution is -2.43. The summed E-state index contributed by atoms with van der Waals surface area (Å²) in [7, 11) is 0. The fourth-order valence-corrected chi connectivity index (χ4v) is 2.65. The molecule has 0 aliphatic heterocycles. The number of carboxylic acid groups (broad SMARTS) is 1. The molecule has 0 bridgehead atoms. The summed E-state index contributed by atoms with van der Waals surface area (Å²) in [5, 5.41) is 13.4. The Labute approximate surface area is 145 Å². The minimum absolute atomic E-state index is 0.0556. The molecule has 134 valence electrons. The molecule has 1 aliphatic carbocycles. The van der Waals surface area contributed by atoms with Crippen LogP contribution in [0.25, 0.3) is 5.65 Å². The predicted molar refractivity (Wildman–Crippen MR) is 89.4 cm³/mol. The fourth-order valence-electron chi connectivity index (χ4n) is 2.65. The molecule has 1 aliphatic rings. The van der Waals surface area contributed by atoms with Crippen molar-refractivity contribution in [2.24, 2.45) is 0 Å². The van der Waals surface area contributed by atoms with Crippen LogP contribution >= 0.6 is 0 Å². The van der Waals surface area contributed by atoms with E-state index in [0.717, 1.165) is 12.8 Å². The molecule has 1 fully saturated rings. The average Bonchev–Trinajstić information content (AvgIpc) is 3.05. The maximum absolute atomic E-state index is 12.6. The topological polar surface area (TPSA) is 97.0 Å². The average molecular weight is 346 g/mol. The summed E-state index contributed by atoms with van der Waals surface area (Å²) in [4.78, 5) is 29.8. The lowest BCUT2D eigenvalue weighted by atomic mass is 10.1. The van der Waals surface area contributed by atoms with Gasteiger partial charge in [-0.15, -0.1) is 0 Å². The highest BCUT2D eigenvalue weighted by Crippen LogP contribution is 2.42. The largest absolute Gasteiger partial charge is 0.478 e. The first-order chi connectivity index (χ1) is 11.6. The van der Waals surface area contributed by atoms with Gasteiger partial charge in [0, 0.05) is 11.7 Å². The molecule has 0 unspecified atom stereocenters. The van der Waals surface area contributed by atoms with Crippen molar-refractivity contribution in [2.75, 3.05) is 0 Å². The molecule has 0 radical (unpaired) electrons. The first-order valence-electron chi connectivity index (χ1n) is 8.15. The minimum Gasteiger partial charge on any atom is -0.478 e. The molecule has 1 amide bonds. The number of aromatic carboxylic acids is 1. The number of carbonyl (C=O) groups excluding carboxylic acids is 1. The second-order valence-electron chi connectivity index (χ2n) is 7.66. The predicted octanol–water partition coefficient (Wildman–Crippen LogP) is 2.72. The first kappa shape index (κ1) is 17.2. The van der Waals surface area contributed by atoms with E-state index in [4.69, 9.17) is 4.74 Å². The van der Waals surface area contributed by atoms with Crippen LogP contribution < -0.4 is 0 Å². The number of pyridine rings is 1. The van der Waals surface area contributed by atoms with Gasteiger partial charge in [-0.1, -0.05) is 0 Å². The molecule has 1 N–H and O–H groups in total. The minimum atomic E-state index is -1.08. The number of fused-ring (bicyclic) bond motifs is 1. The Morgan fingerprint density at radius 2 is 2.08 bits per heavy atom. The van der Waals surface area contributed by atoms with E-state index in [9.17, 15) is 14.7 Å². The van der Waals surface area contributed by atoms with Crippen molar-refractivity contribution in [3.05, 3.63) is 29.7 Å². The van der Waals surface area contributed by atoms with Crippen molar-refractivity contribution < 1.29 is 19.4 Å². The van der Waals surface area contributed by atoms with Gasteiger partial charge in [0.15, 0.2) is 5.65 Å². The van der Waals surface area contributed by atoms with Crippen LogP contribution in [0.15, 0.2) is 18.6 Å². The number of rotatable bonds is 4. The van der Waals surface area contributed by atoms with E-state index in [1.807, 2.05) is 27.7 Å². The second-order valence-corrected chi connectivity index (χ2v) is 7.66. The Balaban J connectivity index is 1.93. The van der Waals surface area contributed by atoms with Gasteiger partial charge in [0.2, 0.25) is 0 Å². The highest BCUT2D eigenvalue weighted by Gasteiger charge is 2.47. The molecule has 2 aromatic rings. The zero-order valence-electron chi connectivity index (χ0n) is 14.8. The highest BCUT2D eigenvalue weighted by atomic mass is 16.6. The van der Waals surface area contributed by atoms with E-state index in [1.54, 1.807) is 11.1 Å². The SMILES string of the molecule is CC(C)(C)OC(=O)N(Cc1cc(C(=O)O)c2ncnn2c1)C1(C)CC1. The summed E-state index contributed by atoms with van der Waals surface area (Å²) < 4.78 is 6.94. The van der Waals surface area contributed by atoms with Gasteiger partial charge in [-0.25, -0.2) is 19.1 Å². The van der Waals surface area contributed by atoms with E-state index >= 15 is 0 Å². The van der Waals surface area contributed by atoms with Gasteiger partial charge in [0.25, 0.3) is 0 Å². The van der Waals surface area contributed by atoms with Gasteiger partial charge in [-0.2, -0.15) is 5.10 Å².